The van der Waals surface area contributed by atoms with Gasteiger partial charge in [-0.2, -0.15) is 0 Å². The Morgan fingerprint density at radius 2 is 1.79 bits per heavy atom. The molecule has 0 radical (unpaired) electrons. The number of anilines is 2. The monoisotopic (exact) mass is 424 g/mol. The lowest BCUT2D eigenvalue weighted by Gasteiger charge is -2.16. The van der Waals surface area contributed by atoms with Crippen LogP contribution < -0.4 is 13.8 Å². The molecular formula is C18H20N2O6S2. The third kappa shape index (κ3) is 3.83. The molecule has 0 aliphatic carbocycles. The minimum Gasteiger partial charge on any atom is -0.492 e. The number of benzene rings is 2. The number of amides is 1. The molecule has 8 nitrogen and oxygen atoms in total. The van der Waals surface area contributed by atoms with Crippen LogP contribution in [0.1, 0.15) is 13.8 Å². The van der Waals surface area contributed by atoms with Crippen LogP contribution in [0.15, 0.2) is 53.4 Å². The molecule has 150 valence electrons. The number of hydrogen-bond acceptors (Lipinski definition) is 6. The first kappa shape index (κ1) is 20.2. The van der Waals surface area contributed by atoms with E-state index in [1.807, 2.05) is 0 Å². The van der Waals surface area contributed by atoms with Gasteiger partial charge in [0.25, 0.3) is 10.0 Å². The summed E-state index contributed by atoms with van der Waals surface area (Å²) in [6.07, 6.45) is 0. The van der Waals surface area contributed by atoms with Crippen LogP contribution in [0, 0.1) is 5.92 Å². The molecule has 0 saturated carbocycles. The van der Waals surface area contributed by atoms with E-state index in [9.17, 15) is 21.6 Å². The van der Waals surface area contributed by atoms with Crippen molar-refractivity contribution in [1.82, 2.24) is 0 Å². The number of ether oxygens (including phenoxy) is 1. The van der Waals surface area contributed by atoms with E-state index < -0.39 is 31.9 Å². The van der Waals surface area contributed by atoms with E-state index in [-0.39, 0.29) is 16.3 Å². The second kappa shape index (κ2) is 7.44. The quantitative estimate of drug-likeness (QED) is 0.761. The summed E-state index contributed by atoms with van der Waals surface area (Å²) in [5.41, 5.74) is 0.405. The van der Waals surface area contributed by atoms with Crippen molar-refractivity contribution in [1.29, 1.82) is 0 Å². The van der Waals surface area contributed by atoms with Gasteiger partial charge in [-0.05, 0) is 43.3 Å². The molecule has 2 aromatic rings. The summed E-state index contributed by atoms with van der Waals surface area (Å²) in [7, 11) is -7.68. The lowest BCUT2D eigenvalue weighted by atomic mass is 10.2. The highest BCUT2D eigenvalue weighted by atomic mass is 32.2. The van der Waals surface area contributed by atoms with Crippen LogP contribution in [0.3, 0.4) is 0 Å². The van der Waals surface area contributed by atoms with Gasteiger partial charge < -0.3 is 4.74 Å². The van der Waals surface area contributed by atoms with Crippen molar-refractivity contribution < 1.29 is 26.4 Å². The number of para-hydroxylation sites is 2. The van der Waals surface area contributed by atoms with Crippen molar-refractivity contribution in [3.05, 3.63) is 48.5 Å². The van der Waals surface area contributed by atoms with Crippen molar-refractivity contribution in [2.45, 2.75) is 18.7 Å². The fourth-order valence-corrected chi connectivity index (χ4v) is 5.77. The highest BCUT2D eigenvalue weighted by Crippen LogP contribution is 2.30. The third-order valence-electron chi connectivity index (χ3n) is 4.17. The lowest BCUT2D eigenvalue weighted by molar-refractivity contribution is -0.119. The van der Waals surface area contributed by atoms with Crippen LogP contribution in [-0.4, -0.2) is 35.1 Å². The zero-order valence-corrected chi connectivity index (χ0v) is 17.0. The standard InChI is InChI=1S/C18H20N2O6S2/c1-3-26-17-7-5-4-6-16(17)19-28(24,25)15-10-8-14(9-11-15)20-18(21)13(2)12-27(20,22)23/h4-11,13,19H,3,12H2,1-2H3/t13-/m1/s1. The molecule has 0 bridgehead atoms. The first-order valence-electron chi connectivity index (χ1n) is 8.57. The number of sulfonamides is 2. The third-order valence-corrected chi connectivity index (χ3v) is 7.42. The van der Waals surface area contributed by atoms with Gasteiger partial charge in [0, 0.05) is 0 Å². The fraction of sp³-hybridized carbons (Fsp3) is 0.278. The van der Waals surface area contributed by atoms with Gasteiger partial charge in [0.2, 0.25) is 15.9 Å². The minimum atomic E-state index is -3.93. The van der Waals surface area contributed by atoms with Gasteiger partial charge in [-0.25, -0.2) is 21.1 Å². The average molecular weight is 425 g/mol. The molecule has 1 aliphatic rings. The summed E-state index contributed by atoms with van der Waals surface area (Å²) in [4.78, 5) is 12.1. The highest BCUT2D eigenvalue weighted by Gasteiger charge is 2.41. The van der Waals surface area contributed by atoms with E-state index >= 15 is 0 Å². The second-order valence-corrected chi connectivity index (χ2v) is 9.86. The Hall–Kier alpha value is -2.59. The zero-order chi connectivity index (χ0) is 20.5. The predicted octanol–water partition coefficient (Wildman–Crippen LogP) is 2.20. The summed E-state index contributed by atoms with van der Waals surface area (Å²) in [5, 5.41) is 0. The first-order valence-corrected chi connectivity index (χ1v) is 11.7. The number of hydrogen-bond donors (Lipinski definition) is 1. The van der Waals surface area contributed by atoms with Gasteiger partial charge in [0.05, 0.1) is 34.5 Å². The van der Waals surface area contributed by atoms with Crippen LogP contribution in [0.4, 0.5) is 11.4 Å². The highest BCUT2D eigenvalue weighted by molar-refractivity contribution is 7.94. The van der Waals surface area contributed by atoms with E-state index in [0.29, 0.717) is 18.0 Å². The Bertz CT molecular complexity index is 1100. The lowest BCUT2D eigenvalue weighted by Crippen LogP contribution is -2.30. The van der Waals surface area contributed by atoms with Crippen molar-refractivity contribution in [3.8, 4) is 5.75 Å². The van der Waals surface area contributed by atoms with Gasteiger partial charge in [0.1, 0.15) is 5.75 Å². The molecule has 3 rings (SSSR count). The molecule has 2 aromatic carbocycles. The molecule has 28 heavy (non-hydrogen) atoms. The van der Waals surface area contributed by atoms with Crippen LogP contribution >= 0.6 is 0 Å². The Morgan fingerprint density at radius 3 is 2.36 bits per heavy atom. The predicted molar refractivity (Wildman–Crippen MR) is 105 cm³/mol. The summed E-state index contributed by atoms with van der Waals surface area (Å²) in [5.74, 6) is -1.03. The van der Waals surface area contributed by atoms with Gasteiger partial charge in [-0.1, -0.05) is 19.1 Å². The molecule has 1 saturated heterocycles. The summed E-state index contributed by atoms with van der Waals surface area (Å²) in [6, 6.07) is 11.7. The van der Waals surface area contributed by atoms with E-state index in [4.69, 9.17) is 4.74 Å². The Kier molecular flexibility index (Phi) is 5.35. The number of carbonyl (C=O) groups excluding carboxylic acids is 1. The molecule has 1 N–H and O–H groups in total. The van der Waals surface area contributed by atoms with Crippen molar-refractivity contribution in [2.24, 2.45) is 5.92 Å². The Labute approximate surface area is 164 Å². The summed E-state index contributed by atoms with van der Waals surface area (Å²) >= 11 is 0. The summed E-state index contributed by atoms with van der Waals surface area (Å²) < 4.78 is 58.3. The molecule has 0 spiro atoms. The van der Waals surface area contributed by atoms with E-state index in [2.05, 4.69) is 4.72 Å². The molecule has 0 unspecified atom stereocenters. The van der Waals surface area contributed by atoms with E-state index in [0.717, 1.165) is 4.31 Å². The molecule has 1 atom stereocenters. The topological polar surface area (TPSA) is 110 Å². The number of nitrogens with zero attached hydrogens (tertiary/aromatic N) is 1. The average Bonchev–Trinajstić information content (AvgIpc) is 2.84. The smallest absolute Gasteiger partial charge is 0.262 e. The van der Waals surface area contributed by atoms with Crippen LogP contribution in [-0.2, 0) is 24.8 Å². The number of nitrogens with one attached hydrogen (secondary N) is 1. The first-order chi connectivity index (χ1) is 13.2. The minimum absolute atomic E-state index is 0.0698. The Balaban J connectivity index is 1.88. The van der Waals surface area contributed by atoms with E-state index in [1.54, 1.807) is 38.1 Å². The van der Waals surface area contributed by atoms with Crippen molar-refractivity contribution >= 4 is 37.3 Å². The van der Waals surface area contributed by atoms with Crippen LogP contribution in [0.5, 0.6) is 5.75 Å². The van der Waals surface area contributed by atoms with Gasteiger partial charge >= 0.3 is 0 Å². The second-order valence-electron chi connectivity index (χ2n) is 6.31. The maximum atomic E-state index is 12.7. The molecule has 1 aliphatic heterocycles. The molecular weight excluding hydrogens is 404 g/mol. The van der Waals surface area contributed by atoms with E-state index in [1.165, 1.54) is 24.3 Å². The zero-order valence-electron chi connectivity index (χ0n) is 15.3. The van der Waals surface area contributed by atoms with Gasteiger partial charge in [-0.3, -0.25) is 9.52 Å². The van der Waals surface area contributed by atoms with Crippen LogP contribution in [0.25, 0.3) is 0 Å². The summed E-state index contributed by atoms with van der Waals surface area (Å²) in [6.45, 7) is 3.71. The normalized spacial score (nSPS) is 18.9. The number of rotatable bonds is 6. The maximum Gasteiger partial charge on any atom is 0.262 e. The van der Waals surface area contributed by atoms with Crippen molar-refractivity contribution in [3.63, 3.8) is 0 Å². The Morgan fingerprint density at radius 1 is 1.14 bits per heavy atom. The maximum absolute atomic E-state index is 12.7. The molecule has 0 aromatic heterocycles. The van der Waals surface area contributed by atoms with Gasteiger partial charge in [-0.15, -0.1) is 0 Å². The largest absolute Gasteiger partial charge is 0.492 e. The molecule has 1 fully saturated rings. The molecule has 1 heterocycles. The SMILES string of the molecule is CCOc1ccccc1NS(=O)(=O)c1ccc(N2C(=O)[C@H](C)CS2(=O)=O)cc1. The fourth-order valence-electron chi connectivity index (χ4n) is 2.88. The number of carbonyl (C=O) groups is 1. The van der Waals surface area contributed by atoms with Crippen molar-refractivity contribution in [2.75, 3.05) is 21.4 Å². The molecule has 10 heteroatoms. The van der Waals surface area contributed by atoms with Crippen LogP contribution in [0.2, 0.25) is 0 Å². The molecule has 1 amide bonds. The van der Waals surface area contributed by atoms with Gasteiger partial charge in [0.15, 0.2) is 0 Å².